The van der Waals surface area contributed by atoms with Crippen molar-refractivity contribution in [2.45, 2.75) is 25.8 Å². The van der Waals surface area contributed by atoms with Gasteiger partial charge >= 0.3 is 6.03 Å². The molecule has 0 aliphatic carbocycles. The summed E-state index contributed by atoms with van der Waals surface area (Å²) in [6.07, 6.45) is 0.854. The molecule has 16 heavy (non-hydrogen) atoms. The van der Waals surface area contributed by atoms with E-state index in [0.717, 1.165) is 6.42 Å². The van der Waals surface area contributed by atoms with Crippen LogP contribution in [-0.4, -0.2) is 23.2 Å². The van der Waals surface area contributed by atoms with Crippen molar-refractivity contribution in [1.82, 2.24) is 5.32 Å². The van der Waals surface area contributed by atoms with E-state index in [9.17, 15) is 9.90 Å². The van der Waals surface area contributed by atoms with Gasteiger partial charge in [0.2, 0.25) is 0 Å². The number of anilines is 1. The lowest BCUT2D eigenvalue weighted by molar-refractivity contribution is 0.224. The van der Waals surface area contributed by atoms with Gasteiger partial charge in [-0.2, -0.15) is 0 Å². The molecule has 4 heteroatoms. The molecule has 1 aliphatic rings. The number of amides is 2. The Morgan fingerprint density at radius 2 is 2.06 bits per heavy atom. The topological polar surface area (TPSA) is 52.6 Å². The molecule has 0 spiro atoms. The maximum absolute atomic E-state index is 11.9. The molecular formula is C12H16N2O2. The summed E-state index contributed by atoms with van der Waals surface area (Å²) in [5.41, 5.74) is 0.397. The minimum absolute atomic E-state index is 0.136. The van der Waals surface area contributed by atoms with E-state index >= 15 is 0 Å². The molecule has 1 fully saturated rings. The second-order valence-corrected chi connectivity index (χ2v) is 4.70. The van der Waals surface area contributed by atoms with Crippen molar-refractivity contribution in [2.75, 3.05) is 11.4 Å². The van der Waals surface area contributed by atoms with Crippen LogP contribution in [0.2, 0.25) is 0 Å². The fourth-order valence-corrected chi connectivity index (χ4v) is 1.83. The van der Waals surface area contributed by atoms with E-state index in [1.165, 1.54) is 0 Å². The van der Waals surface area contributed by atoms with Gasteiger partial charge in [0.05, 0.1) is 5.69 Å². The fraction of sp³-hybridized carbons (Fsp3) is 0.417. The first-order chi connectivity index (χ1) is 7.49. The minimum Gasteiger partial charge on any atom is -0.506 e. The normalized spacial score (nSPS) is 19.4. The number of hydrogen-bond donors (Lipinski definition) is 2. The Labute approximate surface area is 94.9 Å². The van der Waals surface area contributed by atoms with Crippen molar-refractivity contribution < 1.29 is 9.90 Å². The summed E-state index contributed by atoms with van der Waals surface area (Å²) in [5.74, 6) is 0.136. The van der Waals surface area contributed by atoms with Crippen LogP contribution in [0.25, 0.3) is 0 Å². The third-order valence-corrected chi connectivity index (χ3v) is 2.82. The van der Waals surface area contributed by atoms with Crippen molar-refractivity contribution in [3.05, 3.63) is 24.3 Å². The van der Waals surface area contributed by atoms with Crippen LogP contribution in [0.1, 0.15) is 20.3 Å². The molecule has 2 rings (SSSR count). The maximum Gasteiger partial charge on any atom is 0.322 e. The van der Waals surface area contributed by atoms with Crippen molar-refractivity contribution in [1.29, 1.82) is 0 Å². The predicted molar refractivity (Wildman–Crippen MR) is 62.7 cm³/mol. The number of benzene rings is 1. The molecule has 1 heterocycles. The van der Waals surface area contributed by atoms with Gasteiger partial charge in [0.1, 0.15) is 5.75 Å². The Kier molecular flexibility index (Phi) is 2.50. The average Bonchev–Trinajstić information content (AvgIpc) is 2.18. The molecule has 1 aliphatic heterocycles. The number of rotatable bonds is 1. The van der Waals surface area contributed by atoms with Gasteiger partial charge < -0.3 is 10.4 Å². The van der Waals surface area contributed by atoms with Crippen molar-refractivity contribution in [2.24, 2.45) is 0 Å². The molecule has 0 atom stereocenters. The van der Waals surface area contributed by atoms with Crippen molar-refractivity contribution >= 4 is 11.7 Å². The Hall–Kier alpha value is -1.71. The molecule has 0 bridgehead atoms. The van der Waals surface area contributed by atoms with E-state index in [2.05, 4.69) is 5.32 Å². The van der Waals surface area contributed by atoms with Crippen LogP contribution in [0.5, 0.6) is 5.75 Å². The molecule has 1 aromatic rings. The summed E-state index contributed by atoms with van der Waals surface area (Å²) < 4.78 is 0. The van der Waals surface area contributed by atoms with E-state index in [4.69, 9.17) is 0 Å². The van der Waals surface area contributed by atoms with Crippen LogP contribution in [0.3, 0.4) is 0 Å². The highest BCUT2D eigenvalue weighted by atomic mass is 16.3. The number of nitrogens with one attached hydrogen (secondary N) is 1. The van der Waals surface area contributed by atoms with Gasteiger partial charge in [-0.15, -0.1) is 0 Å². The molecule has 2 N–H and O–H groups in total. The van der Waals surface area contributed by atoms with Gasteiger partial charge in [-0.1, -0.05) is 12.1 Å². The fourth-order valence-electron chi connectivity index (χ4n) is 1.83. The molecule has 2 amide bonds. The number of carbonyl (C=O) groups excluding carboxylic acids is 1. The second-order valence-electron chi connectivity index (χ2n) is 4.70. The van der Waals surface area contributed by atoms with Gasteiger partial charge in [0, 0.05) is 12.1 Å². The zero-order chi connectivity index (χ0) is 11.8. The highest BCUT2D eigenvalue weighted by molar-refractivity contribution is 5.94. The average molecular weight is 220 g/mol. The Morgan fingerprint density at radius 3 is 2.69 bits per heavy atom. The number of hydrogen-bond acceptors (Lipinski definition) is 2. The summed E-state index contributed by atoms with van der Waals surface area (Å²) in [7, 11) is 0. The largest absolute Gasteiger partial charge is 0.506 e. The van der Waals surface area contributed by atoms with Gasteiger partial charge in [-0.3, -0.25) is 4.90 Å². The van der Waals surface area contributed by atoms with E-state index in [1.54, 1.807) is 23.1 Å². The summed E-state index contributed by atoms with van der Waals surface area (Å²) in [6, 6.07) is 6.72. The summed E-state index contributed by atoms with van der Waals surface area (Å²) >= 11 is 0. The number of carbonyl (C=O) groups is 1. The monoisotopic (exact) mass is 220 g/mol. The Morgan fingerprint density at radius 1 is 1.38 bits per heavy atom. The van der Waals surface area contributed by atoms with Crippen LogP contribution in [0, 0.1) is 0 Å². The molecule has 0 aromatic heterocycles. The molecule has 1 saturated heterocycles. The third-order valence-electron chi connectivity index (χ3n) is 2.82. The first-order valence-electron chi connectivity index (χ1n) is 5.37. The standard InChI is InChI=1S/C12H16N2O2/c1-12(2)7-8-14(11(16)13-12)9-5-3-4-6-10(9)15/h3-6,15H,7-8H2,1-2H3,(H,13,16). The first-order valence-corrected chi connectivity index (χ1v) is 5.37. The van der Waals surface area contributed by atoms with Crippen molar-refractivity contribution in [3.8, 4) is 5.75 Å². The zero-order valence-corrected chi connectivity index (χ0v) is 9.53. The van der Waals surface area contributed by atoms with Gasteiger partial charge in [0.25, 0.3) is 0 Å². The quantitative estimate of drug-likeness (QED) is 0.761. The maximum atomic E-state index is 11.9. The van der Waals surface area contributed by atoms with Crippen molar-refractivity contribution in [3.63, 3.8) is 0 Å². The molecule has 86 valence electrons. The number of para-hydroxylation sites is 2. The zero-order valence-electron chi connectivity index (χ0n) is 9.53. The van der Waals surface area contributed by atoms with Gasteiger partial charge in [-0.05, 0) is 32.4 Å². The second kappa shape index (κ2) is 3.70. The summed E-state index contributed by atoms with van der Waals surface area (Å²) in [5, 5.41) is 12.6. The van der Waals surface area contributed by atoms with Gasteiger partial charge in [0.15, 0.2) is 0 Å². The number of nitrogens with zero attached hydrogens (tertiary/aromatic N) is 1. The lowest BCUT2D eigenvalue weighted by atomic mass is 9.98. The van der Waals surface area contributed by atoms with Gasteiger partial charge in [-0.25, -0.2) is 4.79 Å². The number of urea groups is 1. The van der Waals surface area contributed by atoms with Crippen LogP contribution < -0.4 is 10.2 Å². The molecule has 0 radical (unpaired) electrons. The van der Waals surface area contributed by atoms with E-state index in [1.807, 2.05) is 19.9 Å². The van der Waals surface area contributed by atoms with E-state index in [-0.39, 0.29) is 17.3 Å². The SMILES string of the molecule is CC1(C)CCN(c2ccccc2O)C(=O)N1. The molecule has 1 aromatic carbocycles. The van der Waals surface area contributed by atoms with Crippen LogP contribution >= 0.6 is 0 Å². The molecular weight excluding hydrogens is 204 g/mol. The van der Waals surface area contributed by atoms with E-state index in [0.29, 0.717) is 12.2 Å². The molecule has 0 unspecified atom stereocenters. The highest BCUT2D eigenvalue weighted by Gasteiger charge is 2.31. The Bertz CT molecular complexity index is 415. The lowest BCUT2D eigenvalue weighted by Gasteiger charge is -2.37. The molecule has 0 saturated carbocycles. The minimum atomic E-state index is -0.169. The van der Waals surface area contributed by atoms with Crippen LogP contribution in [-0.2, 0) is 0 Å². The number of aromatic hydroxyl groups is 1. The molecule has 4 nitrogen and oxygen atoms in total. The van der Waals surface area contributed by atoms with Crippen LogP contribution in [0.4, 0.5) is 10.5 Å². The van der Waals surface area contributed by atoms with E-state index < -0.39 is 0 Å². The number of phenolic OH excluding ortho intramolecular Hbond substituents is 1. The summed E-state index contributed by atoms with van der Waals surface area (Å²) in [4.78, 5) is 13.4. The summed E-state index contributed by atoms with van der Waals surface area (Å²) in [6.45, 7) is 4.61. The smallest absolute Gasteiger partial charge is 0.322 e. The number of phenols is 1. The highest BCUT2D eigenvalue weighted by Crippen LogP contribution is 2.29. The third kappa shape index (κ3) is 1.96. The first kappa shape index (κ1) is 10.8. The Balaban J connectivity index is 2.24. The predicted octanol–water partition coefficient (Wildman–Crippen LogP) is 2.09. The lowest BCUT2D eigenvalue weighted by Crippen LogP contribution is -2.57. The van der Waals surface area contributed by atoms with Crippen LogP contribution in [0.15, 0.2) is 24.3 Å².